The Labute approximate surface area is 106 Å². The van der Waals surface area contributed by atoms with Crippen molar-refractivity contribution in [2.24, 2.45) is 0 Å². The Morgan fingerprint density at radius 1 is 0.611 bits per heavy atom. The van der Waals surface area contributed by atoms with Gasteiger partial charge in [0.05, 0.1) is 0 Å². The minimum absolute atomic E-state index is 0.589. The first-order valence-electron chi connectivity index (χ1n) is 6.28. The van der Waals surface area contributed by atoms with E-state index in [4.69, 9.17) is 18.9 Å². The molecule has 0 aromatic carbocycles. The van der Waals surface area contributed by atoms with Crippen LogP contribution in [0.1, 0.15) is 27.7 Å². The maximum absolute atomic E-state index is 10.3. The van der Waals surface area contributed by atoms with Crippen LogP contribution in [-0.4, -0.2) is 58.4 Å². The lowest BCUT2D eigenvalue weighted by atomic mass is 9.85. The van der Waals surface area contributed by atoms with Crippen LogP contribution in [0.2, 0.25) is 0 Å². The molecule has 0 bridgehead atoms. The normalized spacial score (nSPS) is 53.0. The summed E-state index contributed by atoms with van der Waals surface area (Å²) in [7, 11) is 0. The van der Waals surface area contributed by atoms with Gasteiger partial charge in [-0.1, -0.05) is 0 Å². The molecule has 2 aliphatic heterocycles. The minimum atomic E-state index is -0.869. The molecular weight excluding hydrogens is 240 g/mol. The van der Waals surface area contributed by atoms with E-state index in [0.717, 1.165) is 0 Å². The zero-order valence-electron chi connectivity index (χ0n) is 11.0. The van der Waals surface area contributed by atoms with Crippen LogP contribution in [0.15, 0.2) is 0 Å². The predicted octanol–water partition coefficient (Wildman–Crippen LogP) is -0.238. The molecule has 1 saturated carbocycles. The number of aliphatic hydroxyl groups is 2. The fourth-order valence-corrected chi connectivity index (χ4v) is 3.06. The Balaban J connectivity index is 1.88. The minimum Gasteiger partial charge on any atom is -0.387 e. The van der Waals surface area contributed by atoms with Gasteiger partial charge in [-0.2, -0.15) is 0 Å². The molecule has 2 N–H and O–H groups in total. The van der Waals surface area contributed by atoms with Gasteiger partial charge in [0, 0.05) is 0 Å². The van der Waals surface area contributed by atoms with Gasteiger partial charge in [-0.25, -0.2) is 0 Å². The summed E-state index contributed by atoms with van der Waals surface area (Å²) in [6.45, 7) is 7.02. The van der Waals surface area contributed by atoms with Gasteiger partial charge in [0.15, 0.2) is 11.6 Å². The van der Waals surface area contributed by atoms with Crippen molar-refractivity contribution in [3.05, 3.63) is 0 Å². The van der Waals surface area contributed by atoms with Crippen molar-refractivity contribution in [3.8, 4) is 0 Å². The molecule has 6 heteroatoms. The van der Waals surface area contributed by atoms with E-state index in [1.54, 1.807) is 27.7 Å². The van der Waals surface area contributed by atoms with Crippen molar-refractivity contribution in [1.82, 2.24) is 0 Å². The summed E-state index contributed by atoms with van der Waals surface area (Å²) in [6, 6.07) is 0. The second kappa shape index (κ2) is 3.65. The van der Waals surface area contributed by atoms with E-state index in [1.165, 1.54) is 0 Å². The van der Waals surface area contributed by atoms with Crippen LogP contribution in [0.25, 0.3) is 0 Å². The third kappa shape index (κ3) is 1.79. The first-order valence-corrected chi connectivity index (χ1v) is 6.28. The zero-order chi connectivity index (χ0) is 13.3. The van der Waals surface area contributed by atoms with Gasteiger partial charge in [-0.15, -0.1) is 0 Å². The largest absolute Gasteiger partial charge is 0.387 e. The number of fused-ring (bicyclic) bond motifs is 2. The lowest BCUT2D eigenvalue weighted by Crippen LogP contribution is -2.61. The molecule has 2 saturated heterocycles. The highest BCUT2D eigenvalue weighted by Crippen LogP contribution is 2.43. The van der Waals surface area contributed by atoms with Crippen LogP contribution in [0.3, 0.4) is 0 Å². The number of hydrogen-bond donors (Lipinski definition) is 2. The summed E-state index contributed by atoms with van der Waals surface area (Å²) in [5, 5.41) is 20.6. The molecule has 4 atom stereocenters. The van der Waals surface area contributed by atoms with E-state index in [9.17, 15) is 10.2 Å². The molecule has 0 aromatic rings. The van der Waals surface area contributed by atoms with Gasteiger partial charge < -0.3 is 29.2 Å². The Hall–Kier alpha value is -0.240. The van der Waals surface area contributed by atoms with Crippen LogP contribution < -0.4 is 0 Å². The van der Waals surface area contributed by atoms with Crippen LogP contribution in [-0.2, 0) is 18.9 Å². The molecule has 3 aliphatic rings. The van der Waals surface area contributed by atoms with Gasteiger partial charge >= 0.3 is 0 Å². The van der Waals surface area contributed by atoms with Gasteiger partial charge in [0.25, 0.3) is 0 Å². The van der Waals surface area contributed by atoms with Crippen molar-refractivity contribution in [1.29, 1.82) is 0 Å². The van der Waals surface area contributed by atoms with Gasteiger partial charge in [-0.05, 0) is 27.7 Å². The van der Waals surface area contributed by atoms with E-state index in [-0.39, 0.29) is 0 Å². The lowest BCUT2D eigenvalue weighted by molar-refractivity contribution is -0.183. The predicted molar refractivity (Wildman–Crippen MR) is 59.7 cm³/mol. The first-order chi connectivity index (χ1) is 8.20. The summed E-state index contributed by atoms with van der Waals surface area (Å²) >= 11 is 0. The summed E-state index contributed by atoms with van der Waals surface area (Å²) < 4.78 is 22.6. The topological polar surface area (TPSA) is 77.4 Å². The number of rotatable bonds is 0. The van der Waals surface area contributed by atoms with Gasteiger partial charge in [-0.3, -0.25) is 0 Å². The maximum atomic E-state index is 10.3. The molecule has 1 aliphatic carbocycles. The second-order valence-corrected chi connectivity index (χ2v) is 6.11. The van der Waals surface area contributed by atoms with Crippen LogP contribution in [0.5, 0.6) is 0 Å². The number of ether oxygens (including phenoxy) is 4. The Kier molecular flexibility index (Phi) is 2.59. The fraction of sp³-hybridized carbons (Fsp3) is 1.00. The van der Waals surface area contributed by atoms with Gasteiger partial charge in [0.2, 0.25) is 0 Å². The number of aliphatic hydroxyl groups excluding tert-OH is 2. The molecular formula is C12H20O6. The number of hydrogen-bond acceptors (Lipinski definition) is 6. The average Bonchev–Trinajstić information content (AvgIpc) is 2.72. The molecule has 18 heavy (non-hydrogen) atoms. The fourth-order valence-electron chi connectivity index (χ4n) is 3.06. The highest BCUT2D eigenvalue weighted by atomic mass is 16.8. The average molecular weight is 260 g/mol. The van der Waals surface area contributed by atoms with Crippen LogP contribution >= 0.6 is 0 Å². The quantitative estimate of drug-likeness (QED) is 0.626. The van der Waals surface area contributed by atoms with E-state index in [0.29, 0.717) is 0 Å². The highest BCUT2D eigenvalue weighted by molar-refractivity contribution is 5.07. The Bertz CT molecular complexity index is 292. The lowest BCUT2D eigenvalue weighted by Gasteiger charge is -2.38. The molecule has 0 radical (unpaired) electrons. The molecule has 0 aromatic heterocycles. The maximum Gasteiger partial charge on any atom is 0.164 e. The molecule has 6 nitrogen and oxygen atoms in total. The Morgan fingerprint density at radius 2 is 0.833 bits per heavy atom. The molecule has 2 heterocycles. The highest BCUT2D eigenvalue weighted by Gasteiger charge is 2.62. The first kappa shape index (κ1) is 12.8. The molecule has 0 amide bonds. The van der Waals surface area contributed by atoms with Crippen molar-refractivity contribution < 1.29 is 29.2 Å². The third-order valence-corrected chi connectivity index (χ3v) is 3.67. The summed E-state index contributed by atoms with van der Waals surface area (Å²) in [4.78, 5) is 0. The van der Waals surface area contributed by atoms with E-state index >= 15 is 0 Å². The van der Waals surface area contributed by atoms with Crippen LogP contribution in [0, 0.1) is 0 Å². The summed E-state index contributed by atoms with van der Waals surface area (Å²) in [5.74, 6) is -1.63. The molecule has 3 rings (SSSR count). The molecule has 3 fully saturated rings. The standard InChI is InChI=1S/C12H20O6/c1-11(2)15-7-5(13)9-10(6(14)8(7)16-11)18-12(3,4)17-9/h5-10,13-14H,1-4H3/t5?,6?,7-,8+,9-,10+. The van der Waals surface area contributed by atoms with E-state index in [1.807, 2.05) is 0 Å². The third-order valence-electron chi connectivity index (χ3n) is 3.67. The monoisotopic (exact) mass is 260 g/mol. The SMILES string of the molecule is CC1(C)O[C@@H]2C(O)[C@H]3OC(C)(C)O[C@H]3C(O)[C@@H]2O1. The smallest absolute Gasteiger partial charge is 0.164 e. The molecule has 0 spiro atoms. The van der Waals surface area contributed by atoms with Crippen molar-refractivity contribution in [2.75, 3.05) is 0 Å². The van der Waals surface area contributed by atoms with E-state index in [2.05, 4.69) is 0 Å². The molecule has 104 valence electrons. The van der Waals surface area contributed by atoms with Crippen molar-refractivity contribution in [3.63, 3.8) is 0 Å². The van der Waals surface area contributed by atoms with Crippen LogP contribution in [0.4, 0.5) is 0 Å². The van der Waals surface area contributed by atoms with Gasteiger partial charge in [0.1, 0.15) is 36.6 Å². The summed E-state index contributed by atoms with van der Waals surface area (Å²) in [5.41, 5.74) is 0. The summed E-state index contributed by atoms with van der Waals surface area (Å²) in [6.07, 6.45) is -4.09. The molecule has 0 unspecified atom stereocenters. The Morgan fingerprint density at radius 3 is 1.06 bits per heavy atom. The zero-order valence-corrected chi connectivity index (χ0v) is 11.0. The van der Waals surface area contributed by atoms with Crippen molar-refractivity contribution in [2.45, 2.75) is 75.9 Å². The van der Waals surface area contributed by atoms with E-state index < -0.39 is 48.2 Å². The second-order valence-electron chi connectivity index (χ2n) is 6.11. The van der Waals surface area contributed by atoms with Crippen molar-refractivity contribution >= 4 is 0 Å².